The second-order valence-electron chi connectivity index (χ2n) is 5.10. The minimum atomic E-state index is -0.0909. The molecule has 0 unspecified atom stereocenters. The van der Waals surface area contributed by atoms with Crippen molar-refractivity contribution in [2.45, 2.75) is 18.5 Å². The maximum atomic E-state index is 12.1. The first-order valence-corrected chi connectivity index (χ1v) is 8.60. The van der Waals surface area contributed by atoms with Gasteiger partial charge in [0.05, 0.1) is 11.4 Å². The van der Waals surface area contributed by atoms with Crippen LogP contribution in [0.2, 0.25) is 0 Å². The number of nitrogens with one attached hydrogen (secondary N) is 1. The Kier molecular flexibility index (Phi) is 5.22. The third-order valence-corrected chi connectivity index (χ3v) is 4.34. The lowest BCUT2D eigenvalue weighted by atomic mass is 10.1. The lowest BCUT2D eigenvalue weighted by Gasteiger charge is -2.06. The number of hydrogen-bond donors (Lipinski definition) is 1. The quantitative estimate of drug-likeness (QED) is 0.699. The monoisotopic (exact) mass is 339 g/mol. The number of thioether (sulfide) groups is 1. The molecule has 0 aliphatic heterocycles. The third kappa shape index (κ3) is 3.99. The molecule has 122 valence electrons. The first-order valence-electron chi connectivity index (χ1n) is 7.61. The number of para-hydroxylation sites is 1. The van der Waals surface area contributed by atoms with Gasteiger partial charge in [0.1, 0.15) is 0 Å². The predicted octanol–water partition coefficient (Wildman–Crippen LogP) is 2.96. The summed E-state index contributed by atoms with van der Waals surface area (Å²) in [6.07, 6.45) is 0.978. The summed E-state index contributed by atoms with van der Waals surface area (Å²) in [5.41, 5.74) is 2.89. The van der Waals surface area contributed by atoms with Gasteiger partial charge in [0.15, 0.2) is 0 Å². The minimum Gasteiger partial charge on any atom is -0.325 e. The predicted molar refractivity (Wildman–Crippen MR) is 94.3 cm³/mol. The van der Waals surface area contributed by atoms with E-state index in [1.807, 2.05) is 54.6 Å². The first-order chi connectivity index (χ1) is 11.8. The van der Waals surface area contributed by atoms with Gasteiger partial charge in [-0.2, -0.15) is 4.68 Å². The number of aryl methyl sites for hydroxylation is 1. The lowest BCUT2D eigenvalue weighted by molar-refractivity contribution is -0.113. The van der Waals surface area contributed by atoms with E-state index in [1.165, 1.54) is 17.3 Å². The first kappa shape index (κ1) is 16.2. The van der Waals surface area contributed by atoms with E-state index >= 15 is 0 Å². The molecular formula is C17H17N5OS. The normalized spacial score (nSPS) is 10.5. The highest BCUT2D eigenvalue weighted by molar-refractivity contribution is 7.99. The average molecular weight is 339 g/mol. The van der Waals surface area contributed by atoms with Crippen LogP contribution >= 0.6 is 11.8 Å². The molecule has 1 amide bonds. The van der Waals surface area contributed by atoms with E-state index in [-0.39, 0.29) is 11.7 Å². The highest BCUT2D eigenvalue weighted by atomic mass is 32.2. The highest BCUT2D eigenvalue weighted by Crippen LogP contribution is 2.18. The van der Waals surface area contributed by atoms with Crippen LogP contribution in [0, 0.1) is 0 Å². The van der Waals surface area contributed by atoms with Crippen molar-refractivity contribution in [3.05, 3.63) is 60.2 Å². The van der Waals surface area contributed by atoms with Gasteiger partial charge in [-0.25, -0.2) is 0 Å². The maximum absolute atomic E-state index is 12.1. The molecule has 1 aromatic heterocycles. The molecule has 0 aliphatic carbocycles. The van der Waals surface area contributed by atoms with E-state index in [1.54, 1.807) is 4.68 Å². The molecule has 1 N–H and O–H groups in total. The molecule has 0 aliphatic rings. The van der Waals surface area contributed by atoms with Crippen molar-refractivity contribution in [2.24, 2.45) is 0 Å². The van der Waals surface area contributed by atoms with E-state index in [4.69, 9.17) is 0 Å². The largest absolute Gasteiger partial charge is 0.325 e. The fourth-order valence-electron chi connectivity index (χ4n) is 2.15. The number of aromatic nitrogens is 4. The summed E-state index contributed by atoms with van der Waals surface area (Å²) >= 11 is 1.30. The van der Waals surface area contributed by atoms with E-state index in [2.05, 4.69) is 27.8 Å². The number of nitrogens with zero attached hydrogens (tertiary/aromatic N) is 4. The molecule has 2 aromatic carbocycles. The van der Waals surface area contributed by atoms with E-state index in [9.17, 15) is 4.79 Å². The maximum Gasteiger partial charge on any atom is 0.234 e. The molecule has 0 saturated heterocycles. The van der Waals surface area contributed by atoms with Gasteiger partial charge in [-0.15, -0.1) is 5.10 Å². The van der Waals surface area contributed by atoms with Gasteiger partial charge in [-0.3, -0.25) is 4.79 Å². The fourth-order valence-corrected chi connectivity index (χ4v) is 2.84. The Labute approximate surface area is 144 Å². The molecule has 3 rings (SSSR count). The second kappa shape index (κ2) is 7.74. The number of hydrogen-bond acceptors (Lipinski definition) is 5. The molecule has 1 heterocycles. The Morgan fingerprint density at radius 1 is 1.12 bits per heavy atom. The van der Waals surface area contributed by atoms with Gasteiger partial charge >= 0.3 is 0 Å². The number of amides is 1. The third-order valence-electron chi connectivity index (χ3n) is 3.42. The van der Waals surface area contributed by atoms with Crippen LogP contribution < -0.4 is 5.32 Å². The Morgan fingerprint density at radius 3 is 2.58 bits per heavy atom. The molecule has 0 spiro atoms. The van der Waals surface area contributed by atoms with Crippen molar-refractivity contribution < 1.29 is 4.79 Å². The zero-order valence-electron chi connectivity index (χ0n) is 13.2. The molecular weight excluding hydrogens is 322 g/mol. The zero-order valence-corrected chi connectivity index (χ0v) is 14.0. The van der Waals surface area contributed by atoms with Crippen molar-refractivity contribution in [3.8, 4) is 5.69 Å². The molecule has 0 fully saturated rings. The Hall–Kier alpha value is -2.67. The van der Waals surface area contributed by atoms with Crippen molar-refractivity contribution in [2.75, 3.05) is 11.1 Å². The summed E-state index contributed by atoms with van der Waals surface area (Å²) in [4.78, 5) is 12.1. The van der Waals surface area contributed by atoms with E-state index < -0.39 is 0 Å². The topological polar surface area (TPSA) is 72.7 Å². The molecule has 0 bridgehead atoms. The Morgan fingerprint density at radius 2 is 1.88 bits per heavy atom. The van der Waals surface area contributed by atoms with Crippen LogP contribution in [0.25, 0.3) is 5.69 Å². The van der Waals surface area contributed by atoms with Crippen LogP contribution in [0.3, 0.4) is 0 Å². The molecule has 0 saturated carbocycles. The van der Waals surface area contributed by atoms with Crippen LogP contribution in [0.15, 0.2) is 59.8 Å². The molecule has 3 aromatic rings. The van der Waals surface area contributed by atoms with Crippen LogP contribution in [0.1, 0.15) is 12.5 Å². The highest BCUT2D eigenvalue weighted by Gasteiger charge is 2.11. The smallest absolute Gasteiger partial charge is 0.234 e. The van der Waals surface area contributed by atoms with Crippen LogP contribution in [0.5, 0.6) is 0 Å². The Balaban J connectivity index is 1.60. The molecule has 0 atom stereocenters. The van der Waals surface area contributed by atoms with Crippen LogP contribution in [0.4, 0.5) is 5.69 Å². The summed E-state index contributed by atoms with van der Waals surface area (Å²) in [6, 6.07) is 17.4. The van der Waals surface area contributed by atoms with Gasteiger partial charge in [0.2, 0.25) is 11.1 Å². The molecule has 7 heteroatoms. The van der Waals surface area contributed by atoms with Crippen LogP contribution in [-0.2, 0) is 11.2 Å². The standard InChI is InChI=1S/C17H17N5OS/c1-2-13-8-10-14(11-9-13)18-16(23)12-24-17-19-20-21-22(17)15-6-4-3-5-7-15/h3-11H,2,12H2,1H3,(H,18,23). The average Bonchev–Trinajstić information content (AvgIpc) is 3.10. The lowest BCUT2D eigenvalue weighted by Crippen LogP contribution is -2.14. The zero-order chi connectivity index (χ0) is 16.8. The summed E-state index contributed by atoms with van der Waals surface area (Å²) in [7, 11) is 0. The molecule has 6 nitrogen and oxygen atoms in total. The summed E-state index contributed by atoms with van der Waals surface area (Å²) < 4.78 is 1.62. The van der Waals surface area contributed by atoms with Gasteiger partial charge in [0, 0.05) is 5.69 Å². The summed E-state index contributed by atoms with van der Waals surface area (Å²) in [5, 5.41) is 15.1. The molecule has 0 radical (unpaired) electrons. The number of carbonyl (C=O) groups excluding carboxylic acids is 1. The Bertz CT molecular complexity index is 801. The number of anilines is 1. The minimum absolute atomic E-state index is 0.0909. The fraction of sp³-hybridized carbons (Fsp3) is 0.176. The SMILES string of the molecule is CCc1ccc(NC(=O)CSc2nnnn2-c2ccccc2)cc1. The van der Waals surface area contributed by atoms with E-state index in [0.29, 0.717) is 5.16 Å². The van der Waals surface area contributed by atoms with Crippen molar-refractivity contribution in [1.82, 2.24) is 20.2 Å². The number of carbonyl (C=O) groups is 1. The van der Waals surface area contributed by atoms with Crippen molar-refractivity contribution in [3.63, 3.8) is 0 Å². The van der Waals surface area contributed by atoms with Gasteiger partial charge in [0.25, 0.3) is 0 Å². The van der Waals surface area contributed by atoms with Crippen molar-refractivity contribution in [1.29, 1.82) is 0 Å². The van der Waals surface area contributed by atoms with Gasteiger partial charge < -0.3 is 5.32 Å². The van der Waals surface area contributed by atoms with E-state index in [0.717, 1.165) is 17.8 Å². The summed E-state index contributed by atoms with van der Waals surface area (Å²) in [6.45, 7) is 2.10. The number of rotatable bonds is 6. The van der Waals surface area contributed by atoms with Crippen molar-refractivity contribution >= 4 is 23.4 Å². The van der Waals surface area contributed by atoms with Crippen LogP contribution in [-0.4, -0.2) is 31.9 Å². The number of benzene rings is 2. The van der Waals surface area contributed by atoms with Gasteiger partial charge in [-0.05, 0) is 46.7 Å². The second-order valence-corrected chi connectivity index (χ2v) is 6.04. The summed E-state index contributed by atoms with van der Waals surface area (Å²) in [5.74, 6) is 0.148. The number of tetrazole rings is 1. The molecule has 24 heavy (non-hydrogen) atoms. The van der Waals surface area contributed by atoms with Gasteiger partial charge in [-0.1, -0.05) is 49.0 Å².